The van der Waals surface area contributed by atoms with E-state index in [0.717, 1.165) is 0 Å². The summed E-state index contributed by atoms with van der Waals surface area (Å²) in [6.07, 6.45) is 0. The molecule has 1 nitrogen and oxygen atoms in total. The summed E-state index contributed by atoms with van der Waals surface area (Å²) >= 11 is 0. The van der Waals surface area contributed by atoms with Crippen LogP contribution in [0.3, 0.4) is 0 Å². The minimum Gasteiger partial charge on any atom is -0.680 e. The molecule has 0 saturated heterocycles. The average Bonchev–Trinajstić information content (AvgIpc) is 1.50. The maximum atomic E-state index is 5.75. The monoisotopic (exact) mass is 239 g/mol. The van der Waals surface area contributed by atoms with Crippen molar-refractivity contribution in [2.75, 3.05) is 7.05 Å². The SMILES string of the molecule is C[NH-].[CH2-]C.[Hf]. The summed E-state index contributed by atoms with van der Waals surface area (Å²) in [5, 5.41) is 0. The van der Waals surface area contributed by atoms with Crippen LogP contribution >= 0.6 is 0 Å². The van der Waals surface area contributed by atoms with Crippen LogP contribution in [-0.2, 0) is 25.8 Å². The number of nitrogens with one attached hydrogen (secondary N) is 1. The third kappa shape index (κ3) is 56.1. The van der Waals surface area contributed by atoms with Crippen molar-refractivity contribution in [1.29, 1.82) is 0 Å². The van der Waals surface area contributed by atoms with Crippen molar-refractivity contribution in [1.82, 2.24) is 0 Å². The second kappa shape index (κ2) is 103. The Morgan fingerprint density at radius 2 is 1.20 bits per heavy atom. The Morgan fingerprint density at radius 1 is 1.20 bits per heavy atom. The molecule has 0 aliphatic heterocycles. The first kappa shape index (κ1) is 17.0. The van der Waals surface area contributed by atoms with Gasteiger partial charge in [-0.15, -0.1) is 0 Å². The molecule has 0 aliphatic rings. The van der Waals surface area contributed by atoms with Gasteiger partial charge in [-0.1, -0.05) is 0 Å². The van der Waals surface area contributed by atoms with Crippen molar-refractivity contribution in [3.8, 4) is 0 Å². The zero-order valence-corrected chi connectivity index (χ0v) is 7.30. The molecule has 0 atom stereocenters. The molecule has 0 radical (unpaired) electrons. The average molecular weight is 238 g/mol. The summed E-state index contributed by atoms with van der Waals surface area (Å²) in [6.45, 7) is 5.00. The molecule has 0 aromatic carbocycles. The summed E-state index contributed by atoms with van der Waals surface area (Å²) in [6, 6.07) is 0. The summed E-state index contributed by atoms with van der Waals surface area (Å²) in [5.74, 6) is 0. The fraction of sp³-hybridized carbons (Fsp3) is 0.667. The molecule has 0 heterocycles. The Kier molecular flexibility index (Phi) is 349. The molecule has 0 aromatic heterocycles. The Balaban J connectivity index is -0.0000000133. The van der Waals surface area contributed by atoms with Crippen molar-refractivity contribution in [3.63, 3.8) is 0 Å². The summed E-state index contributed by atoms with van der Waals surface area (Å²) in [5.41, 5.74) is 5.75. The Hall–Kier alpha value is 0.830. The second-order valence-corrected chi connectivity index (χ2v) is 0. The van der Waals surface area contributed by atoms with Crippen molar-refractivity contribution in [2.24, 2.45) is 0 Å². The van der Waals surface area contributed by atoms with Crippen LogP contribution in [0.25, 0.3) is 5.73 Å². The first-order valence-corrected chi connectivity index (χ1v) is 1.21. The van der Waals surface area contributed by atoms with Crippen LogP contribution in [0.2, 0.25) is 0 Å². The summed E-state index contributed by atoms with van der Waals surface area (Å²) < 4.78 is 0. The van der Waals surface area contributed by atoms with E-state index in [0.29, 0.717) is 0 Å². The van der Waals surface area contributed by atoms with Crippen molar-refractivity contribution >= 4 is 0 Å². The molecule has 0 aliphatic carbocycles. The van der Waals surface area contributed by atoms with Gasteiger partial charge in [0.2, 0.25) is 0 Å². The van der Waals surface area contributed by atoms with Gasteiger partial charge in [-0.05, 0) is 0 Å². The largest absolute Gasteiger partial charge is 0.680 e. The molecule has 2 heteroatoms. The maximum Gasteiger partial charge on any atom is 0 e. The topological polar surface area (TPSA) is 23.8 Å². The van der Waals surface area contributed by atoms with Gasteiger partial charge in [-0.2, -0.15) is 14.0 Å². The van der Waals surface area contributed by atoms with Gasteiger partial charge < -0.3 is 12.7 Å². The molecule has 0 unspecified atom stereocenters. The quantitative estimate of drug-likeness (QED) is 0.451. The smallest absolute Gasteiger partial charge is 0 e. The van der Waals surface area contributed by atoms with E-state index in [2.05, 4.69) is 6.92 Å². The second-order valence-electron chi connectivity index (χ2n) is 0. The van der Waals surface area contributed by atoms with Crippen LogP contribution < -0.4 is 0 Å². The molecule has 0 aromatic rings. The first-order chi connectivity index (χ1) is 2.00. The van der Waals surface area contributed by atoms with Gasteiger partial charge in [0.25, 0.3) is 0 Å². The van der Waals surface area contributed by atoms with Crippen LogP contribution in [0, 0.1) is 6.92 Å². The van der Waals surface area contributed by atoms with Crippen molar-refractivity contribution in [3.05, 3.63) is 12.7 Å². The predicted octanol–water partition coefficient (Wildman–Crippen LogP) is 1.51. The molecular formula is C3H9HfN-2. The van der Waals surface area contributed by atoms with Gasteiger partial charge in [0.15, 0.2) is 0 Å². The third-order valence-corrected chi connectivity index (χ3v) is 0. The molecule has 0 rings (SSSR count). The normalized spacial score (nSPS) is 2.40. The Morgan fingerprint density at radius 3 is 1.20 bits per heavy atom. The van der Waals surface area contributed by atoms with E-state index < -0.39 is 0 Å². The zero-order valence-electron chi connectivity index (χ0n) is 3.71. The van der Waals surface area contributed by atoms with Gasteiger partial charge in [-0.25, -0.2) is 0 Å². The molecule has 5 heavy (non-hydrogen) atoms. The predicted molar refractivity (Wildman–Crippen MR) is 21.3 cm³/mol. The van der Waals surface area contributed by atoms with Gasteiger partial charge in [0.1, 0.15) is 0 Å². The zero-order chi connectivity index (χ0) is 4.00. The standard InChI is InChI=1S/C2H5.CH4N.Hf/c2*1-2;/h1H2,2H3;2H,1H3;/q2*-1;. The molecular weight excluding hydrogens is 229 g/mol. The van der Waals surface area contributed by atoms with Crippen molar-refractivity contribution < 1.29 is 25.8 Å². The van der Waals surface area contributed by atoms with Gasteiger partial charge in [-0.3, -0.25) is 0 Å². The minimum absolute atomic E-state index is 0. The molecule has 0 fully saturated rings. The summed E-state index contributed by atoms with van der Waals surface area (Å²) in [7, 11) is 1.25. The fourth-order valence-electron chi connectivity index (χ4n) is 0. The molecule has 0 saturated carbocycles. The molecule has 1 N–H and O–H groups in total. The Bertz CT molecular complexity index is 6.85. The summed E-state index contributed by atoms with van der Waals surface area (Å²) in [4.78, 5) is 0. The molecule has 0 spiro atoms. The van der Waals surface area contributed by atoms with E-state index in [1.54, 1.807) is 6.92 Å². The van der Waals surface area contributed by atoms with Crippen LogP contribution in [0.15, 0.2) is 0 Å². The molecule has 0 amide bonds. The van der Waals surface area contributed by atoms with Crippen LogP contribution in [0.5, 0.6) is 0 Å². The van der Waals surface area contributed by atoms with E-state index in [1.165, 1.54) is 7.05 Å². The van der Waals surface area contributed by atoms with Crippen molar-refractivity contribution in [2.45, 2.75) is 6.92 Å². The van der Waals surface area contributed by atoms with Gasteiger partial charge in [0.05, 0.1) is 0 Å². The third-order valence-electron chi connectivity index (χ3n) is 0. The van der Waals surface area contributed by atoms with E-state index >= 15 is 0 Å². The fourth-order valence-corrected chi connectivity index (χ4v) is 0. The van der Waals surface area contributed by atoms with Gasteiger partial charge in [0, 0.05) is 25.8 Å². The van der Waals surface area contributed by atoms with Crippen LogP contribution in [-0.4, -0.2) is 7.05 Å². The van der Waals surface area contributed by atoms with E-state index in [9.17, 15) is 0 Å². The van der Waals surface area contributed by atoms with Crippen LogP contribution in [0.1, 0.15) is 6.92 Å². The van der Waals surface area contributed by atoms with Gasteiger partial charge >= 0.3 is 0 Å². The maximum absolute atomic E-state index is 5.75. The molecule has 32 valence electrons. The van der Waals surface area contributed by atoms with E-state index in [1.807, 2.05) is 0 Å². The number of rotatable bonds is 0. The first-order valence-electron chi connectivity index (χ1n) is 1.21. The Labute approximate surface area is 52.7 Å². The number of hydrogen-bond acceptors (Lipinski definition) is 0. The van der Waals surface area contributed by atoms with Crippen LogP contribution in [0.4, 0.5) is 0 Å². The molecule has 0 bridgehead atoms. The van der Waals surface area contributed by atoms with E-state index in [4.69, 9.17) is 5.73 Å². The number of hydrogen-bond donors (Lipinski definition) is 0. The van der Waals surface area contributed by atoms with E-state index in [-0.39, 0.29) is 25.8 Å². The minimum atomic E-state index is 0.